The highest BCUT2D eigenvalue weighted by Gasteiger charge is 2.31. The monoisotopic (exact) mass is 478 g/mol. The molecule has 4 rings (SSSR count). The van der Waals surface area contributed by atoms with Crippen molar-refractivity contribution in [2.75, 3.05) is 39.3 Å². The number of benzene rings is 1. The Balaban J connectivity index is 1.74. The van der Waals surface area contributed by atoms with Crippen molar-refractivity contribution in [3.8, 4) is 5.75 Å². The number of amides is 1. The van der Waals surface area contributed by atoms with Crippen LogP contribution >= 0.6 is 0 Å². The molecule has 1 aliphatic heterocycles. The number of halogens is 3. The molecule has 1 N–H and O–H groups in total. The highest BCUT2D eigenvalue weighted by Crippen LogP contribution is 2.41. The SMILES string of the molecule is CON(C)C(=O)c1nc(C2CC2)cnc1Nc1cccc(C2=CCOCC2)c1OCC(F)(F)F. The van der Waals surface area contributed by atoms with Gasteiger partial charge in [-0.3, -0.25) is 9.63 Å². The quantitative estimate of drug-likeness (QED) is 0.560. The van der Waals surface area contributed by atoms with Crippen molar-refractivity contribution in [1.29, 1.82) is 0 Å². The summed E-state index contributed by atoms with van der Waals surface area (Å²) < 4.78 is 49.7. The van der Waals surface area contributed by atoms with Crippen molar-refractivity contribution in [3.63, 3.8) is 0 Å². The zero-order valence-corrected chi connectivity index (χ0v) is 18.8. The minimum Gasteiger partial charge on any atom is -0.481 e. The molecular formula is C23H25F3N4O4. The van der Waals surface area contributed by atoms with Gasteiger partial charge in [0.1, 0.15) is 0 Å². The van der Waals surface area contributed by atoms with Gasteiger partial charge in [0.05, 0.1) is 37.9 Å². The van der Waals surface area contributed by atoms with Crippen LogP contribution in [0.15, 0.2) is 30.5 Å². The van der Waals surface area contributed by atoms with Gasteiger partial charge in [-0.15, -0.1) is 0 Å². The van der Waals surface area contributed by atoms with Crippen molar-refractivity contribution < 1.29 is 32.3 Å². The highest BCUT2D eigenvalue weighted by atomic mass is 19.4. The fraction of sp³-hybridized carbons (Fsp3) is 0.435. The summed E-state index contributed by atoms with van der Waals surface area (Å²) in [4.78, 5) is 26.8. The molecule has 0 unspecified atom stereocenters. The molecule has 1 aromatic heterocycles. The molecule has 1 saturated carbocycles. The number of rotatable bonds is 8. The molecule has 1 amide bonds. The molecule has 2 aliphatic rings. The van der Waals surface area contributed by atoms with Crippen LogP contribution in [-0.4, -0.2) is 61.1 Å². The second-order valence-corrected chi connectivity index (χ2v) is 8.02. The van der Waals surface area contributed by atoms with Crippen LogP contribution < -0.4 is 10.1 Å². The zero-order chi connectivity index (χ0) is 24.3. The van der Waals surface area contributed by atoms with Gasteiger partial charge in [0.15, 0.2) is 23.9 Å². The number of nitrogens with one attached hydrogen (secondary N) is 1. The summed E-state index contributed by atoms with van der Waals surface area (Å²) >= 11 is 0. The van der Waals surface area contributed by atoms with Crippen molar-refractivity contribution >= 4 is 23.0 Å². The molecule has 1 aliphatic carbocycles. The van der Waals surface area contributed by atoms with Gasteiger partial charge in [-0.25, -0.2) is 15.0 Å². The van der Waals surface area contributed by atoms with Crippen LogP contribution in [0.4, 0.5) is 24.7 Å². The molecule has 34 heavy (non-hydrogen) atoms. The third kappa shape index (κ3) is 5.65. The topological polar surface area (TPSA) is 85.8 Å². The van der Waals surface area contributed by atoms with Crippen LogP contribution in [0.2, 0.25) is 0 Å². The van der Waals surface area contributed by atoms with Gasteiger partial charge in [-0.05, 0) is 30.9 Å². The third-order valence-electron chi connectivity index (χ3n) is 5.51. The number of carbonyl (C=O) groups is 1. The zero-order valence-electron chi connectivity index (χ0n) is 18.8. The molecule has 0 atom stereocenters. The lowest BCUT2D eigenvalue weighted by Gasteiger charge is -2.22. The molecule has 0 radical (unpaired) electrons. The fourth-order valence-corrected chi connectivity index (χ4v) is 3.55. The first-order valence-corrected chi connectivity index (χ1v) is 10.8. The van der Waals surface area contributed by atoms with Gasteiger partial charge in [-0.2, -0.15) is 13.2 Å². The van der Waals surface area contributed by atoms with Gasteiger partial charge in [0.2, 0.25) is 0 Å². The van der Waals surface area contributed by atoms with Crippen LogP contribution in [0.25, 0.3) is 5.57 Å². The van der Waals surface area contributed by atoms with Crippen molar-refractivity contribution in [2.24, 2.45) is 0 Å². The van der Waals surface area contributed by atoms with E-state index in [1.54, 1.807) is 24.4 Å². The van der Waals surface area contributed by atoms with Crippen LogP contribution in [0.5, 0.6) is 5.75 Å². The first-order chi connectivity index (χ1) is 16.3. The average Bonchev–Trinajstić information content (AvgIpc) is 3.68. The van der Waals surface area contributed by atoms with E-state index in [-0.39, 0.29) is 28.9 Å². The number of hydrogen-bond donors (Lipinski definition) is 1. The number of anilines is 2. The van der Waals surface area contributed by atoms with E-state index in [1.807, 2.05) is 6.08 Å². The molecule has 0 spiro atoms. The van der Waals surface area contributed by atoms with E-state index in [0.29, 0.717) is 30.9 Å². The van der Waals surface area contributed by atoms with Crippen LogP contribution in [0, 0.1) is 0 Å². The molecule has 0 saturated heterocycles. The predicted octanol–water partition coefficient (Wildman–Crippen LogP) is 4.48. The number of nitrogens with zero attached hydrogens (tertiary/aromatic N) is 3. The molecule has 8 nitrogen and oxygen atoms in total. The van der Waals surface area contributed by atoms with E-state index in [2.05, 4.69) is 15.3 Å². The summed E-state index contributed by atoms with van der Waals surface area (Å²) in [5, 5.41) is 3.99. The second-order valence-electron chi connectivity index (χ2n) is 8.02. The van der Waals surface area contributed by atoms with Crippen molar-refractivity contribution in [2.45, 2.75) is 31.4 Å². The van der Waals surface area contributed by atoms with Gasteiger partial charge in [-0.1, -0.05) is 18.2 Å². The lowest BCUT2D eigenvalue weighted by atomic mass is 9.99. The maximum Gasteiger partial charge on any atom is 0.422 e. The number of para-hydroxylation sites is 1. The molecule has 11 heteroatoms. The summed E-state index contributed by atoms with van der Waals surface area (Å²) in [6.45, 7) is -0.646. The number of alkyl halides is 3. The average molecular weight is 478 g/mol. The molecule has 2 heterocycles. The summed E-state index contributed by atoms with van der Waals surface area (Å²) in [6.07, 6.45) is 1.32. The van der Waals surface area contributed by atoms with Crippen LogP contribution in [0.1, 0.15) is 46.9 Å². The van der Waals surface area contributed by atoms with E-state index >= 15 is 0 Å². The van der Waals surface area contributed by atoms with E-state index in [0.717, 1.165) is 23.5 Å². The molecule has 1 fully saturated rings. The van der Waals surface area contributed by atoms with Gasteiger partial charge in [0.25, 0.3) is 5.91 Å². The van der Waals surface area contributed by atoms with E-state index in [9.17, 15) is 18.0 Å². The van der Waals surface area contributed by atoms with Crippen molar-refractivity contribution in [1.82, 2.24) is 15.0 Å². The Morgan fingerprint density at radius 1 is 1.32 bits per heavy atom. The Morgan fingerprint density at radius 3 is 2.76 bits per heavy atom. The Labute approximate surface area is 194 Å². The fourth-order valence-electron chi connectivity index (χ4n) is 3.55. The smallest absolute Gasteiger partial charge is 0.422 e. The van der Waals surface area contributed by atoms with Gasteiger partial charge < -0.3 is 14.8 Å². The minimum atomic E-state index is -4.53. The van der Waals surface area contributed by atoms with Crippen molar-refractivity contribution in [3.05, 3.63) is 47.4 Å². The summed E-state index contributed by atoms with van der Waals surface area (Å²) in [5.74, 6) is -0.190. The maximum atomic E-state index is 13.0. The van der Waals surface area contributed by atoms with Gasteiger partial charge in [0, 0.05) is 18.5 Å². The first-order valence-electron chi connectivity index (χ1n) is 10.8. The molecule has 1 aromatic carbocycles. The standard InChI is InChI=1S/C23H25F3N4O4/c1-30(32-2)22(31)19-21(27-12-18(28-19)15-6-7-15)29-17-5-3-4-16(14-8-10-33-11-9-14)20(17)34-13-23(24,25)26/h3-5,8,12,15H,6-7,9-11,13H2,1-2H3,(H,27,29). The Bertz CT molecular complexity index is 1090. The number of hydroxylamine groups is 2. The third-order valence-corrected chi connectivity index (χ3v) is 5.51. The highest BCUT2D eigenvalue weighted by molar-refractivity contribution is 5.97. The lowest BCUT2D eigenvalue weighted by Crippen LogP contribution is -2.27. The largest absolute Gasteiger partial charge is 0.481 e. The molecular weight excluding hydrogens is 453 g/mol. The number of ether oxygens (including phenoxy) is 2. The predicted molar refractivity (Wildman–Crippen MR) is 118 cm³/mol. The second kappa shape index (κ2) is 9.98. The number of aromatic nitrogens is 2. The first kappa shape index (κ1) is 24.0. The molecule has 0 bridgehead atoms. The van der Waals surface area contributed by atoms with Gasteiger partial charge >= 0.3 is 6.18 Å². The normalized spacial score (nSPS) is 16.1. The van der Waals surface area contributed by atoms with E-state index in [4.69, 9.17) is 14.3 Å². The Kier molecular flexibility index (Phi) is 7.03. The summed E-state index contributed by atoms with van der Waals surface area (Å²) in [7, 11) is 2.78. The molecule has 182 valence electrons. The van der Waals surface area contributed by atoms with E-state index in [1.165, 1.54) is 14.2 Å². The molecule has 2 aromatic rings. The van der Waals surface area contributed by atoms with E-state index < -0.39 is 18.7 Å². The number of hydrogen-bond acceptors (Lipinski definition) is 7. The Hall–Kier alpha value is -3.18. The summed E-state index contributed by atoms with van der Waals surface area (Å²) in [5.41, 5.74) is 2.26. The number of carbonyl (C=O) groups excluding carboxylic acids is 1. The van der Waals surface area contributed by atoms with Crippen LogP contribution in [0.3, 0.4) is 0 Å². The Morgan fingerprint density at radius 2 is 2.12 bits per heavy atom. The maximum absolute atomic E-state index is 13.0. The van der Waals surface area contributed by atoms with Crippen LogP contribution in [-0.2, 0) is 9.57 Å². The summed E-state index contributed by atoms with van der Waals surface area (Å²) in [6, 6.07) is 4.96. The lowest BCUT2D eigenvalue weighted by molar-refractivity contribution is -0.153. The minimum absolute atomic E-state index is 0.00575.